The van der Waals surface area contributed by atoms with Gasteiger partial charge in [-0.25, -0.2) is 0 Å². The highest BCUT2D eigenvalue weighted by atomic mass is 16.5. The molecule has 1 aromatic heterocycles. The maximum Gasteiger partial charge on any atom is 0.237 e. The fourth-order valence-corrected chi connectivity index (χ4v) is 2.27. The number of carbonyl (C=O) groups is 1. The van der Waals surface area contributed by atoms with Crippen LogP contribution in [-0.4, -0.2) is 15.9 Å². The van der Waals surface area contributed by atoms with Gasteiger partial charge in [-0.2, -0.15) is 4.98 Å². The van der Waals surface area contributed by atoms with E-state index in [4.69, 9.17) is 4.52 Å². The zero-order valence-electron chi connectivity index (χ0n) is 10.4. The Labute approximate surface area is 102 Å². The number of aromatic nitrogens is 2. The Balaban J connectivity index is 2.04. The van der Waals surface area contributed by atoms with E-state index in [-0.39, 0.29) is 11.7 Å². The monoisotopic (exact) mass is 236 g/mol. The third-order valence-corrected chi connectivity index (χ3v) is 3.34. The second-order valence-corrected chi connectivity index (χ2v) is 4.77. The lowest BCUT2D eigenvalue weighted by Crippen LogP contribution is -2.10. The average molecular weight is 236 g/mol. The fraction of sp³-hybridized carbons (Fsp3) is 0.769. The third kappa shape index (κ3) is 3.14. The first-order chi connectivity index (χ1) is 8.31. The van der Waals surface area contributed by atoms with E-state index in [0.717, 1.165) is 50.8 Å². The summed E-state index contributed by atoms with van der Waals surface area (Å²) in [4.78, 5) is 16.3. The normalized spacial score (nSPS) is 21.5. The summed E-state index contributed by atoms with van der Waals surface area (Å²) in [6, 6.07) is 0. The van der Waals surface area contributed by atoms with Crippen LogP contribution in [0, 0.1) is 0 Å². The molecule has 1 aliphatic rings. The van der Waals surface area contributed by atoms with Crippen molar-refractivity contribution < 1.29 is 9.32 Å². The number of aryl methyl sites for hydroxylation is 1. The molecule has 0 amide bonds. The van der Waals surface area contributed by atoms with Crippen molar-refractivity contribution in [1.29, 1.82) is 0 Å². The van der Waals surface area contributed by atoms with E-state index in [2.05, 4.69) is 17.1 Å². The molecule has 1 heterocycles. The van der Waals surface area contributed by atoms with Gasteiger partial charge in [0.1, 0.15) is 5.78 Å². The number of rotatable bonds is 4. The van der Waals surface area contributed by atoms with Gasteiger partial charge in [0.15, 0.2) is 5.82 Å². The summed E-state index contributed by atoms with van der Waals surface area (Å²) in [5, 5.41) is 3.96. The molecule has 0 saturated heterocycles. The molecule has 0 radical (unpaired) electrons. The van der Waals surface area contributed by atoms with Gasteiger partial charge in [0, 0.05) is 12.8 Å². The molecule has 0 aliphatic heterocycles. The van der Waals surface area contributed by atoms with Crippen LogP contribution in [0.4, 0.5) is 0 Å². The molecule has 1 aromatic rings. The Bertz CT molecular complexity index is 373. The van der Waals surface area contributed by atoms with Gasteiger partial charge in [-0.1, -0.05) is 31.3 Å². The van der Waals surface area contributed by atoms with Crippen molar-refractivity contribution in [3.8, 4) is 0 Å². The van der Waals surface area contributed by atoms with Crippen LogP contribution in [-0.2, 0) is 11.2 Å². The highest BCUT2D eigenvalue weighted by Gasteiger charge is 2.27. The van der Waals surface area contributed by atoms with Crippen molar-refractivity contribution in [2.75, 3.05) is 0 Å². The van der Waals surface area contributed by atoms with E-state index >= 15 is 0 Å². The van der Waals surface area contributed by atoms with Crippen LogP contribution in [0.2, 0.25) is 0 Å². The second kappa shape index (κ2) is 5.94. The van der Waals surface area contributed by atoms with Crippen molar-refractivity contribution in [2.24, 2.45) is 0 Å². The molecule has 2 rings (SSSR count). The van der Waals surface area contributed by atoms with Crippen molar-refractivity contribution >= 4 is 5.78 Å². The van der Waals surface area contributed by atoms with E-state index in [9.17, 15) is 4.79 Å². The first kappa shape index (κ1) is 12.3. The van der Waals surface area contributed by atoms with Gasteiger partial charge in [0.25, 0.3) is 0 Å². The standard InChI is InChI=1S/C13H20N2O2/c1-2-3-9-12-14-13(17-15-12)10-7-5-4-6-8-11(10)16/h10H,2-9H2,1H3. The molecule has 1 unspecified atom stereocenters. The first-order valence-corrected chi connectivity index (χ1v) is 6.66. The van der Waals surface area contributed by atoms with Gasteiger partial charge < -0.3 is 4.52 Å². The lowest BCUT2D eigenvalue weighted by molar-refractivity contribution is -0.120. The molecule has 4 nitrogen and oxygen atoms in total. The Hall–Kier alpha value is -1.19. The number of carbonyl (C=O) groups excluding carboxylic acids is 1. The molecule has 0 N–H and O–H groups in total. The SMILES string of the molecule is CCCCc1noc(C2CCCCCC2=O)n1. The average Bonchev–Trinajstić information content (AvgIpc) is 2.69. The molecule has 17 heavy (non-hydrogen) atoms. The van der Waals surface area contributed by atoms with Crippen molar-refractivity contribution in [3.05, 3.63) is 11.7 Å². The summed E-state index contributed by atoms with van der Waals surface area (Å²) in [5.41, 5.74) is 0. The highest BCUT2D eigenvalue weighted by molar-refractivity contribution is 5.84. The maximum absolute atomic E-state index is 11.9. The summed E-state index contributed by atoms with van der Waals surface area (Å²) in [7, 11) is 0. The van der Waals surface area contributed by atoms with Gasteiger partial charge >= 0.3 is 0 Å². The van der Waals surface area contributed by atoms with Crippen LogP contribution < -0.4 is 0 Å². The Morgan fingerprint density at radius 3 is 3.06 bits per heavy atom. The molecule has 4 heteroatoms. The minimum absolute atomic E-state index is 0.139. The van der Waals surface area contributed by atoms with Gasteiger partial charge in [-0.15, -0.1) is 0 Å². The maximum atomic E-state index is 11.9. The largest absolute Gasteiger partial charge is 0.339 e. The van der Waals surface area contributed by atoms with E-state index in [0.29, 0.717) is 12.3 Å². The molecular weight excluding hydrogens is 216 g/mol. The number of hydrogen-bond acceptors (Lipinski definition) is 4. The number of nitrogens with zero attached hydrogens (tertiary/aromatic N) is 2. The number of hydrogen-bond donors (Lipinski definition) is 0. The first-order valence-electron chi connectivity index (χ1n) is 6.66. The van der Waals surface area contributed by atoms with Crippen LogP contribution in [0.15, 0.2) is 4.52 Å². The van der Waals surface area contributed by atoms with Gasteiger partial charge in [-0.3, -0.25) is 4.79 Å². The zero-order chi connectivity index (χ0) is 12.1. The van der Waals surface area contributed by atoms with Crippen LogP contribution in [0.5, 0.6) is 0 Å². The summed E-state index contributed by atoms with van der Waals surface area (Å²) in [5.74, 6) is 1.43. The minimum atomic E-state index is -0.139. The lowest BCUT2D eigenvalue weighted by atomic mass is 9.99. The van der Waals surface area contributed by atoms with Gasteiger partial charge in [-0.05, 0) is 19.3 Å². The smallest absolute Gasteiger partial charge is 0.237 e. The van der Waals surface area contributed by atoms with Crippen LogP contribution in [0.3, 0.4) is 0 Å². The molecule has 1 fully saturated rings. The molecule has 0 bridgehead atoms. The quantitative estimate of drug-likeness (QED) is 0.754. The number of unbranched alkanes of at least 4 members (excludes halogenated alkanes) is 1. The zero-order valence-corrected chi connectivity index (χ0v) is 10.4. The number of ketones is 1. The topological polar surface area (TPSA) is 56.0 Å². The fourth-order valence-electron chi connectivity index (χ4n) is 2.27. The van der Waals surface area contributed by atoms with Crippen molar-refractivity contribution in [3.63, 3.8) is 0 Å². The molecule has 94 valence electrons. The predicted molar refractivity (Wildman–Crippen MR) is 63.7 cm³/mol. The van der Waals surface area contributed by atoms with Gasteiger partial charge in [0.2, 0.25) is 5.89 Å². The van der Waals surface area contributed by atoms with Crippen molar-refractivity contribution in [2.45, 2.75) is 64.2 Å². The minimum Gasteiger partial charge on any atom is -0.339 e. The summed E-state index contributed by atoms with van der Waals surface area (Å²) in [6.07, 6.45) is 7.80. The van der Waals surface area contributed by atoms with E-state index in [1.54, 1.807) is 0 Å². The molecule has 0 spiro atoms. The van der Waals surface area contributed by atoms with Crippen LogP contribution >= 0.6 is 0 Å². The Morgan fingerprint density at radius 2 is 2.24 bits per heavy atom. The molecule has 1 saturated carbocycles. The van der Waals surface area contributed by atoms with Crippen molar-refractivity contribution in [1.82, 2.24) is 10.1 Å². The summed E-state index contributed by atoms with van der Waals surface area (Å²) >= 11 is 0. The molecule has 1 aliphatic carbocycles. The summed E-state index contributed by atoms with van der Waals surface area (Å²) < 4.78 is 5.25. The van der Waals surface area contributed by atoms with Crippen LogP contribution in [0.1, 0.15) is 69.5 Å². The Morgan fingerprint density at radius 1 is 1.35 bits per heavy atom. The van der Waals surface area contributed by atoms with Crippen LogP contribution in [0.25, 0.3) is 0 Å². The van der Waals surface area contributed by atoms with E-state index in [1.165, 1.54) is 0 Å². The van der Waals surface area contributed by atoms with E-state index < -0.39 is 0 Å². The molecule has 1 atom stereocenters. The second-order valence-electron chi connectivity index (χ2n) is 4.77. The highest BCUT2D eigenvalue weighted by Crippen LogP contribution is 2.27. The third-order valence-electron chi connectivity index (χ3n) is 3.34. The summed E-state index contributed by atoms with van der Waals surface area (Å²) in [6.45, 7) is 2.13. The lowest BCUT2D eigenvalue weighted by Gasteiger charge is -2.06. The molecular formula is C13H20N2O2. The predicted octanol–water partition coefficient (Wildman–Crippen LogP) is 3.03. The van der Waals surface area contributed by atoms with Gasteiger partial charge in [0.05, 0.1) is 5.92 Å². The van der Waals surface area contributed by atoms with E-state index in [1.807, 2.05) is 0 Å². The number of Topliss-reactive ketones (excluding diaryl/α,β-unsaturated/α-hetero) is 1. The molecule has 0 aromatic carbocycles. The Kier molecular flexibility index (Phi) is 4.29.